The third-order valence-electron chi connectivity index (χ3n) is 5.22. The van der Waals surface area contributed by atoms with Crippen molar-refractivity contribution in [2.75, 3.05) is 23.3 Å². The monoisotopic (exact) mass is 420 g/mol. The maximum atomic E-state index is 12.6. The number of benzene rings is 1. The Labute approximate surface area is 179 Å². The minimum atomic E-state index is -0.301. The Bertz CT molecular complexity index is 1100. The SMILES string of the molecule is N#Cc1ccc(N2CCC(Nc3cnn(Cc4ccccc4)c(=O)c3Cl)CC2)nc1. The number of rotatable bonds is 5. The fraction of sp³-hybridized carbons (Fsp3) is 0.273. The number of hydrogen-bond donors (Lipinski definition) is 1. The van der Waals surface area contributed by atoms with E-state index in [4.69, 9.17) is 16.9 Å². The summed E-state index contributed by atoms with van der Waals surface area (Å²) in [6.07, 6.45) is 4.98. The summed E-state index contributed by atoms with van der Waals surface area (Å²) in [5, 5.41) is 16.7. The number of nitriles is 1. The van der Waals surface area contributed by atoms with Gasteiger partial charge >= 0.3 is 0 Å². The van der Waals surface area contributed by atoms with Crippen molar-refractivity contribution < 1.29 is 0 Å². The number of nitrogens with zero attached hydrogens (tertiary/aromatic N) is 5. The molecule has 0 saturated carbocycles. The van der Waals surface area contributed by atoms with Crippen LogP contribution in [0.1, 0.15) is 24.0 Å². The summed E-state index contributed by atoms with van der Waals surface area (Å²) in [5.74, 6) is 0.871. The second-order valence-electron chi connectivity index (χ2n) is 7.24. The summed E-state index contributed by atoms with van der Waals surface area (Å²) in [5.41, 5.74) is 1.82. The molecule has 0 spiro atoms. The third kappa shape index (κ3) is 4.44. The van der Waals surface area contributed by atoms with Crippen molar-refractivity contribution in [3.63, 3.8) is 0 Å². The van der Waals surface area contributed by atoms with Crippen molar-refractivity contribution in [2.24, 2.45) is 0 Å². The summed E-state index contributed by atoms with van der Waals surface area (Å²) in [6.45, 7) is 2.04. The summed E-state index contributed by atoms with van der Waals surface area (Å²) < 4.78 is 1.38. The van der Waals surface area contributed by atoms with E-state index in [1.54, 1.807) is 18.5 Å². The first-order valence-electron chi connectivity index (χ1n) is 9.81. The molecule has 0 amide bonds. The van der Waals surface area contributed by atoms with Crippen LogP contribution in [0.2, 0.25) is 5.02 Å². The maximum Gasteiger partial charge on any atom is 0.287 e. The van der Waals surface area contributed by atoms with Crippen molar-refractivity contribution in [1.29, 1.82) is 5.26 Å². The lowest BCUT2D eigenvalue weighted by molar-refractivity contribution is 0.522. The third-order valence-corrected chi connectivity index (χ3v) is 5.58. The molecule has 1 aromatic carbocycles. The van der Waals surface area contributed by atoms with Gasteiger partial charge in [0.15, 0.2) is 0 Å². The van der Waals surface area contributed by atoms with Gasteiger partial charge < -0.3 is 10.2 Å². The van der Waals surface area contributed by atoms with Crippen LogP contribution in [-0.2, 0) is 6.54 Å². The predicted molar refractivity (Wildman–Crippen MR) is 117 cm³/mol. The van der Waals surface area contributed by atoms with Crippen LogP contribution < -0.4 is 15.8 Å². The Morgan fingerprint density at radius 1 is 1.13 bits per heavy atom. The van der Waals surface area contributed by atoms with Gasteiger partial charge in [0.2, 0.25) is 0 Å². The highest BCUT2D eigenvalue weighted by atomic mass is 35.5. The highest BCUT2D eigenvalue weighted by molar-refractivity contribution is 6.32. The molecule has 3 aromatic rings. The zero-order valence-corrected chi connectivity index (χ0v) is 17.1. The lowest BCUT2D eigenvalue weighted by Gasteiger charge is -2.33. The van der Waals surface area contributed by atoms with E-state index in [9.17, 15) is 4.79 Å². The van der Waals surface area contributed by atoms with Gasteiger partial charge in [-0.1, -0.05) is 41.9 Å². The normalized spacial score (nSPS) is 14.3. The lowest BCUT2D eigenvalue weighted by Crippen LogP contribution is -2.40. The molecule has 0 unspecified atom stereocenters. The Balaban J connectivity index is 1.38. The molecule has 30 heavy (non-hydrogen) atoms. The second kappa shape index (κ2) is 8.97. The molecule has 2 aromatic heterocycles. The van der Waals surface area contributed by atoms with Gasteiger partial charge in [-0.2, -0.15) is 10.4 Å². The predicted octanol–water partition coefficient (Wildman–Crippen LogP) is 3.29. The van der Waals surface area contributed by atoms with Crippen molar-refractivity contribution in [3.05, 3.63) is 81.4 Å². The van der Waals surface area contributed by atoms with Crippen molar-refractivity contribution in [1.82, 2.24) is 14.8 Å². The molecule has 0 atom stereocenters. The lowest BCUT2D eigenvalue weighted by atomic mass is 10.0. The average Bonchev–Trinajstić information content (AvgIpc) is 2.80. The smallest absolute Gasteiger partial charge is 0.287 e. The molecular weight excluding hydrogens is 400 g/mol. The fourth-order valence-electron chi connectivity index (χ4n) is 3.55. The molecule has 1 fully saturated rings. The molecule has 1 aliphatic rings. The van der Waals surface area contributed by atoms with E-state index in [0.717, 1.165) is 37.3 Å². The van der Waals surface area contributed by atoms with Gasteiger partial charge in [0.1, 0.15) is 16.9 Å². The van der Waals surface area contributed by atoms with Crippen LogP contribution in [0.25, 0.3) is 0 Å². The van der Waals surface area contributed by atoms with E-state index in [1.165, 1.54) is 4.68 Å². The standard InChI is InChI=1S/C22H21ClN6O/c23-21-19(14-26-29(22(21)30)15-16-4-2-1-3-5-16)27-18-8-10-28(11-9-18)20-7-6-17(12-24)13-25-20/h1-7,13-14,18,27H,8-11,15H2. The van der Waals surface area contributed by atoms with Gasteiger partial charge in [-0.25, -0.2) is 9.67 Å². The summed E-state index contributed by atoms with van der Waals surface area (Å²) in [6, 6.07) is 15.6. The van der Waals surface area contributed by atoms with E-state index in [0.29, 0.717) is 17.8 Å². The number of halogens is 1. The van der Waals surface area contributed by atoms with Gasteiger partial charge in [0.25, 0.3) is 5.56 Å². The highest BCUT2D eigenvalue weighted by Gasteiger charge is 2.21. The van der Waals surface area contributed by atoms with Crippen LogP contribution in [0.15, 0.2) is 59.7 Å². The van der Waals surface area contributed by atoms with Crippen LogP contribution in [0.4, 0.5) is 11.5 Å². The molecule has 7 nitrogen and oxygen atoms in total. The second-order valence-corrected chi connectivity index (χ2v) is 7.62. The zero-order valence-electron chi connectivity index (χ0n) is 16.3. The van der Waals surface area contributed by atoms with E-state index in [1.807, 2.05) is 36.4 Å². The molecule has 0 bridgehead atoms. The van der Waals surface area contributed by atoms with E-state index < -0.39 is 0 Å². The summed E-state index contributed by atoms with van der Waals surface area (Å²) in [7, 11) is 0. The van der Waals surface area contributed by atoms with E-state index >= 15 is 0 Å². The Kier molecular flexibility index (Phi) is 5.96. The Morgan fingerprint density at radius 3 is 2.57 bits per heavy atom. The minimum Gasteiger partial charge on any atom is -0.380 e. The van der Waals surface area contributed by atoms with Crippen molar-refractivity contribution in [3.8, 4) is 6.07 Å². The van der Waals surface area contributed by atoms with Gasteiger partial charge in [-0.05, 0) is 30.5 Å². The number of nitrogens with one attached hydrogen (secondary N) is 1. The van der Waals surface area contributed by atoms with Gasteiger partial charge in [0.05, 0.1) is 24.0 Å². The van der Waals surface area contributed by atoms with Crippen LogP contribution in [0.5, 0.6) is 0 Å². The maximum absolute atomic E-state index is 12.6. The first-order chi connectivity index (χ1) is 14.6. The molecule has 3 heterocycles. The topological polar surface area (TPSA) is 86.8 Å². The number of anilines is 2. The van der Waals surface area contributed by atoms with E-state index in [2.05, 4.69) is 26.4 Å². The van der Waals surface area contributed by atoms with Gasteiger partial charge in [-0.15, -0.1) is 0 Å². The first-order valence-corrected chi connectivity index (χ1v) is 10.2. The number of aromatic nitrogens is 3. The average molecular weight is 421 g/mol. The zero-order chi connectivity index (χ0) is 20.9. The first kappa shape index (κ1) is 19.9. The Morgan fingerprint density at radius 2 is 1.90 bits per heavy atom. The molecular formula is C22H21ClN6O. The quantitative estimate of drug-likeness (QED) is 0.681. The number of piperidine rings is 1. The number of pyridine rings is 1. The van der Waals surface area contributed by atoms with Crippen LogP contribution in [-0.4, -0.2) is 33.9 Å². The van der Waals surface area contributed by atoms with Crippen LogP contribution in [0, 0.1) is 11.3 Å². The van der Waals surface area contributed by atoms with Crippen molar-refractivity contribution in [2.45, 2.75) is 25.4 Å². The molecule has 1 saturated heterocycles. The largest absolute Gasteiger partial charge is 0.380 e. The molecule has 1 N–H and O–H groups in total. The van der Waals surface area contributed by atoms with E-state index in [-0.39, 0.29) is 16.6 Å². The molecule has 0 aliphatic carbocycles. The summed E-state index contributed by atoms with van der Waals surface area (Å²) >= 11 is 6.35. The number of hydrogen-bond acceptors (Lipinski definition) is 6. The van der Waals surface area contributed by atoms with Crippen molar-refractivity contribution >= 4 is 23.1 Å². The Hall–Kier alpha value is -3.37. The fourth-order valence-corrected chi connectivity index (χ4v) is 3.75. The van der Waals surface area contributed by atoms with Crippen LogP contribution in [0.3, 0.4) is 0 Å². The minimum absolute atomic E-state index is 0.164. The molecule has 152 valence electrons. The summed E-state index contributed by atoms with van der Waals surface area (Å²) in [4.78, 5) is 19.2. The molecule has 1 aliphatic heterocycles. The molecule has 0 radical (unpaired) electrons. The highest BCUT2D eigenvalue weighted by Crippen LogP contribution is 2.23. The van der Waals surface area contributed by atoms with Gasteiger partial charge in [-0.3, -0.25) is 4.79 Å². The van der Waals surface area contributed by atoms with Crippen LogP contribution >= 0.6 is 11.6 Å². The molecule has 4 rings (SSSR count). The van der Waals surface area contributed by atoms with Gasteiger partial charge in [0, 0.05) is 25.3 Å². The molecule has 8 heteroatoms.